The van der Waals surface area contributed by atoms with Crippen molar-refractivity contribution in [3.63, 3.8) is 0 Å². The molecule has 0 atom stereocenters. The lowest BCUT2D eigenvalue weighted by Gasteiger charge is -2.07. The molecule has 0 aliphatic rings. The first-order chi connectivity index (χ1) is 10.1. The van der Waals surface area contributed by atoms with E-state index in [1.807, 2.05) is 31.2 Å². The van der Waals surface area contributed by atoms with Crippen molar-refractivity contribution in [3.05, 3.63) is 70.3 Å². The molecule has 0 spiro atoms. The topological polar surface area (TPSA) is 52.9 Å². The molecule has 0 heterocycles. The van der Waals surface area contributed by atoms with Crippen LogP contribution in [0.5, 0.6) is 0 Å². The molecule has 0 radical (unpaired) electrons. The zero-order chi connectivity index (χ0) is 15.2. The maximum atomic E-state index is 12.2. The normalized spacial score (nSPS) is 10.8. The van der Waals surface area contributed by atoms with Crippen LogP contribution >= 0.6 is 11.6 Å². The monoisotopic (exact) mass is 296 g/mol. The molecule has 1 N–H and O–H groups in total. The molecule has 0 bridgehead atoms. The lowest BCUT2D eigenvalue weighted by molar-refractivity contribution is -0.112. The molecule has 0 unspecified atom stereocenters. The van der Waals surface area contributed by atoms with Crippen molar-refractivity contribution in [2.75, 3.05) is 5.32 Å². The summed E-state index contributed by atoms with van der Waals surface area (Å²) in [7, 11) is 0. The van der Waals surface area contributed by atoms with Crippen LogP contribution in [-0.2, 0) is 4.79 Å². The number of aryl methyl sites for hydroxylation is 1. The molecule has 1 amide bonds. The minimum absolute atomic E-state index is 0.0283. The van der Waals surface area contributed by atoms with Crippen molar-refractivity contribution in [1.29, 1.82) is 5.26 Å². The molecule has 0 fully saturated rings. The second kappa shape index (κ2) is 6.74. The first-order valence-electron chi connectivity index (χ1n) is 6.34. The minimum Gasteiger partial charge on any atom is -0.321 e. The molecule has 0 aromatic heterocycles. The van der Waals surface area contributed by atoms with Gasteiger partial charge in [-0.1, -0.05) is 41.9 Å². The van der Waals surface area contributed by atoms with Gasteiger partial charge in [0.05, 0.1) is 0 Å². The van der Waals surface area contributed by atoms with Crippen molar-refractivity contribution in [3.8, 4) is 6.07 Å². The van der Waals surface area contributed by atoms with Gasteiger partial charge in [0.25, 0.3) is 5.91 Å². The fourth-order valence-electron chi connectivity index (χ4n) is 1.81. The first kappa shape index (κ1) is 14.8. The third-order valence-electron chi connectivity index (χ3n) is 2.92. The number of halogens is 1. The Morgan fingerprint density at radius 3 is 2.67 bits per heavy atom. The van der Waals surface area contributed by atoms with Crippen LogP contribution in [0.1, 0.15) is 11.1 Å². The summed E-state index contributed by atoms with van der Waals surface area (Å²) in [5.74, 6) is -0.438. The van der Waals surface area contributed by atoms with Crippen molar-refractivity contribution in [2.24, 2.45) is 0 Å². The zero-order valence-electron chi connectivity index (χ0n) is 11.4. The number of hydrogen-bond acceptors (Lipinski definition) is 2. The minimum atomic E-state index is -0.438. The van der Waals surface area contributed by atoms with Crippen LogP contribution < -0.4 is 5.32 Å². The molecular weight excluding hydrogens is 284 g/mol. The molecule has 104 valence electrons. The fraction of sp³-hybridized carbons (Fsp3) is 0.0588. The van der Waals surface area contributed by atoms with E-state index < -0.39 is 5.91 Å². The molecule has 2 rings (SSSR count). The highest BCUT2D eigenvalue weighted by Gasteiger charge is 2.10. The van der Waals surface area contributed by atoms with E-state index in [1.165, 1.54) is 6.08 Å². The SMILES string of the molecule is Cc1ccccc1NC(=O)/C(C#N)=C\c1cccc(Cl)c1. The zero-order valence-corrected chi connectivity index (χ0v) is 12.2. The Morgan fingerprint density at radius 1 is 1.24 bits per heavy atom. The number of anilines is 1. The van der Waals surface area contributed by atoms with Gasteiger partial charge >= 0.3 is 0 Å². The Morgan fingerprint density at radius 2 is 2.00 bits per heavy atom. The molecule has 0 saturated carbocycles. The van der Waals surface area contributed by atoms with Crippen LogP contribution in [-0.4, -0.2) is 5.91 Å². The average molecular weight is 297 g/mol. The Bertz CT molecular complexity index is 744. The van der Waals surface area contributed by atoms with Gasteiger partial charge in [-0.25, -0.2) is 0 Å². The predicted molar refractivity (Wildman–Crippen MR) is 84.9 cm³/mol. The molecule has 3 nitrogen and oxygen atoms in total. The molecule has 0 saturated heterocycles. The van der Waals surface area contributed by atoms with Gasteiger partial charge in [-0.3, -0.25) is 4.79 Å². The van der Waals surface area contributed by atoms with E-state index in [4.69, 9.17) is 16.9 Å². The molecule has 2 aromatic carbocycles. The van der Waals surface area contributed by atoms with Crippen molar-refractivity contribution in [1.82, 2.24) is 0 Å². The summed E-state index contributed by atoms with van der Waals surface area (Å²) in [4.78, 5) is 12.2. The summed E-state index contributed by atoms with van der Waals surface area (Å²) in [5, 5.41) is 12.5. The lowest BCUT2D eigenvalue weighted by atomic mass is 10.1. The number of nitriles is 1. The van der Waals surface area contributed by atoms with E-state index in [2.05, 4.69) is 5.32 Å². The molecule has 0 aliphatic carbocycles. The van der Waals surface area contributed by atoms with Gasteiger partial charge in [-0.15, -0.1) is 0 Å². The van der Waals surface area contributed by atoms with Gasteiger partial charge in [0, 0.05) is 10.7 Å². The van der Waals surface area contributed by atoms with Gasteiger partial charge in [0.2, 0.25) is 0 Å². The number of hydrogen-bond donors (Lipinski definition) is 1. The number of nitrogens with zero attached hydrogens (tertiary/aromatic N) is 1. The van der Waals surface area contributed by atoms with Gasteiger partial charge < -0.3 is 5.32 Å². The Balaban J connectivity index is 2.24. The Kier molecular flexibility index (Phi) is 4.76. The van der Waals surface area contributed by atoms with Crippen LogP contribution in [0.15, 0.2) is 54.1 Å². The molecule has 0 aliphatic heterocycles. The van der Waals surface area contributed by atoms with E-state index in [9.17, 15) is 4.79 Å². The highest BCUT2D eigenvalue weighted by atomic mass is 35.5. The van der Waals surface area contributed by atoms with Gasteiger partial charge in [0.15, 0.2) is 0 Å². The summed E-state index contributed by atoms with van der Waals surface area (Å²) in [5.41, 5.74) is 2.36. The highest BCUT2D eigenvalue weighted by Crippen LogP contribution is 2.17. The predicted octanol–water partition coefficient (Wildman–Crippen LogP) is 4.19. The number of amides is 1. The smallest absolute Gasteiger partial charge is 0.266 e. The Hall–Kier alpha value is -2.57. The van der Waals surface area contributed by atoms with Crippen molar-refractivity contribution >= 4 is 29.3 Å². The van der Waals surface area contributed by atoms with Gasteiger partial charge in [-0.05, 0) is 42.3 Å². The summed E-state index contributed by atoms with van der Waals surface area (Å²) in [6.07, 6.45) is 1.51. The van der Waals surface area contributed by atoms with Crippen LogP contribution in [0.4, 0.5) is 5.69 Å². The first-order valence-corrected chi connectivity index (χ1v) is 6.72. The summed E-state index contributed by atoms with van der Waals surface area (Å²) < 4.78 is 0. The largest absolute Gasteiger partial charge is 0.321 e. The summed E-state index contributed by atoms with van der Waals surface area (Å²) in [6, 6.07) is 16.3. The van der Waals surface area contributed by atoms with E-state index in [1.54, 1.807) is 30.3 Å². The van der Waals surface area contributed by atoms with Gasteiger partial charge in [-0.2, -0.15) is 5.26 Å². The van der Waals surface area contributed by atoms with Crippen LogP contribution in [0, 0.1) is 18.3 Å². The van der Waals surface area contributed by atoms with E-state index in [-0.39, 0.29) is 5.57 Å². The number of carbonyl (C=O) groups excluding carboxylic acids is 1. The number of carbonyl (C=O) groups is 1. The fourth-order valence-corrected chi connectivity index (χ4v) is 2.01. The van der Waals surface area contributed by atoms with Gasteiger partial charge in [0.1, 0.15) is 11.6 Å². The average Bonchev–Trinajstić information content (AvgIpc) is 2.47. The van der Waals surface area contributed by atoms with Crippen molar-refractivity contribution < 1.29 is 4.79 Å². The molecule has 2 aromatic rings. The number of rotatable bonds is 3. The maximum Gasteiger partial charge on any atom is 0.266 e. The quantitative estimate of drug-likeness (QED) is 0.682. The van der Waals surface area contributed by atoms with E-state index >= 15 is 0 Å². The van der Waals surface area contributed by atoms with Crippen molar-refractivity contribution in [2.45, 2.75) is 6.92 Å². The van der Waals surface area contributed by atoms with Crippen LogP contribution in [0.2, 0.25) is 5.02 Å². The number of nitrogens with one attached hydrogen (secondary N) is 1. The van der Waals surface area contributed by atoms with Crippen LogP contribution in [0.3, 0.4) is 0 Å². The third kappa shape index (κ3) is 3.95. The number of benzene rings is 2. The molecular formula is C17H13ClN2O. The van der Waals surface area contributed by atoms with Crippen LogP contribution in [0.25, 0.3) is 6.08 Å². The maximum absolute atomic E-state index is 12.2. The highest BCUT2D eigenvalue weighted by molar-refractivity contribution is 6.30. The second-order valence-corrected chi connectivity index (χ2v) is 4.93. The molecule has 4 heteroatoms. The number of para-hydroxylation sites is 1. The van der Waals surface area contributed by atoms with E-state index in [0.717, 1.165) is 5.56 Å². The third-order valence-corrected chi connectivity index (χ3v) is 3.15. The lowest BCUT2D eigenvalue weighted by Crippen LogP contribution is -2.14. The Labute approximate surface area is 128 Å². The molecule has 21 heavy (non-hydrogen) atoms. The van der Waals surface area contributed by atoms with E-state index in [0.29, 0.717) is 16.3 Å². The second-order valence-electron chi connectivity index (χ2n) is 4.49. The standard InChI is InChI=1S/C17H13ClN2O/c1-12-5-2-3-8-16(12)20-17(21)14(11-19)9-13-6-4-7-15(18)10-13/h2-10H,1H3,(H,20,21)/b14-9-. The summed E-state index contributed by atoms with van der Waals surface area (Å²) >= 11 is 5.89. The summed E-state index contributed by atoms with van der Waals surface area (Å²) in [6.45, 7) is 1.89.